The largest absolute Gasteiger partial charge is 0.507 e. The van der Waals surface area contributed by atoms with Gasteiger partial charge in [-0.2, -0.15) is 0 Å². The Kier molecular flexibility index (Phi) is 19.4. The first kappa shape index (κ1) is 52.5. The van der Waals surface area contributed by atoms with Gasteiger partial charge >= 0.3 is 0 Å². The first-order valence-corrected chi connectivity index (χ1v) is 23.5. The van der Waals surface area contributed by atoms with Crippen LogP contribution in [0.4, 0.5) is 0 Å². The van der Waals surface area contributed by atoms with Crippen molar-refractivity contribution in [2.45, 2.75) is 156 Å². The van der Waals surface area contributed by atoms with E-state index >= 15 is 0 Å². The third-order valence-corrected chi connectivity index (χ3v) is 11.0. The molecule has 0 aliphatic carbocycles. The summed E-state index contributed by atoms with van der Waals surface area (Å²) in [4.78, 5) is 53.0. The van der Waals surface area contributed by atoms with Gasteiger partial charge in [-0.15, -0.1) is 0 Å². The monoisotopic (exact) mass is 913 g/mol. The standard InChI is InChI=1S/C51H72N6O9/c1-10-13-16-19-28-52-46(61)49(4,5)64-34-22-25-37(40(58)31-34)43-55-44(38-26-23-35(32-41(38)59)65-50(6,7)47(62)53-29-20-17-14-11-2)57-45(56-43)39-27-24-36(33-42(39)60)66-51(8,9)48(63)54-30-21-18-15-12-3/h22-27,31-33,58-60H,10-21,28-30H2,1-9H3,(H,52,61)(H,53,62)(H,54,63). The van der Waals surface area contributed by atoms with Crippen molar-refractivity contribution in [2.24, 2.45) is 0 Å². The number of nitrogens with one attached hydrogen (secondary N) is 3. The molecule has 0 spiro atoms. The zero-order valence-corrected chi connectivity index (χ0v) is 40.4. The number of phenols is 3. The molecule has 4 aromatic rings. The number of benzene rings is 3. The van der Waals surface area contributed by atoms with Gasteiger partial charge in [0.2, 0.25) is 0 Å². The maximum Gasteiger partial charge on any atom is 0.263 e. The third-order valence-electron chi connectivity index (χ3n) is 11.0. The van der Waals surface area contributed by atoms with Crippen LogP contribution in [0.5, 0.6) is 34.5 Å². The van der Waals surface area contributed by atoms with Crippen molar-refractivity contribution in [1.82, 2.24) is 30.9 Å². The topological polar surface area (TPSA) is 214 Å². The SMILES string of the molecule is CCCCCCNC(=O)C(C)(C)Oc1ccc(-c2nc(-c3ccc(OC(C)(C)C(=O)NCCCCCC)cc3O)nc(-c3ccc(OC(C)(C)C(=O)NCCCCCC)cc3O)n2)c(O)c1. The third kappa shape index (κ3) is 15.2. The van der Waals surface area contributed by atoms with Gasteiger partial charge in [0.15, 0.2) is 34.3 Å². The lowest BCUT2D eigenvalue weighted by atomic mass is 10.1. The molecule has 15 heteroatoms. The highest BCUT2D eigenvalue weighted by Crippen LogP contribution is 2.39. The van der Waals surface area contributed by atoms with Crippen molar-refractivity contribution in [3.05, 3.63) is 54.6 Å². The Bertz CT molecular complexity index is 1980. The molecule has 0 bridgehead atoms. The van der Waals surface area contributed by atoms with Crippen molar-refractivity contribution in [3.63, 3.8) is 0 Å². The Morgan fingerprint density at radius 3 is 0.924 bits per heavy atom. The highest BCUT2D eigenvalue weighted by atomic mass is 16.5. The van der Waals surface area contributed by atoms with Crippen molar-refractivity contribution in [2.75, 3.05) is 19.6 Å². The van der Waals surface area contributed by atoms with Gasteiger partial charge in [-0.05, 0) is 97.2 Å². The molecule has 3 amide bonds. The minimum absolute atomic E-state index is 0.0175. The summed E-state index contributed by atoms with van der Waals surface area (Å²) in [6.07, 6.45) is 12.2. The number of aromatic nitrogens is 3. The summed E-state index contributed by atoms with van der Waals surface area (Å²) < 4.78 is 18.2. The molecular weight excluding hydrogens is 841 g/mol. The minimum atomic E-state index is -1.26. The lowest BCUT2D eigenvalue weighted by Gasteiger charge is -2.26. The van der Waals surface area contributed by atoms with Gasteiger partial charge in [0.1, 0.15) is 34.5 Å². The Hall–Kier alpha value is -6.12. The molecule has 0 aliphatic heterocycles. The predicted molar refractivity (Wildman–Crippen MR) is 257 cm³/mol. The maximum absolute atomic E-state index is 13.0. The molecule has 1 heterocycles. The Morgan fingerprint density at radius 1 is 0.439 bits per heavy atom. The number of phenolic OH excluding ortho intramolecular Hbond substituents is 3. The molecule has 0 saturated heterocycles. The van der Waals surface area contributed by atoms with Crippen molar-refractivity contribution >= 4 is 17.7 Å². The fourth-order valence-corrected chi connectivity index (χ4v) is 6.95. The number of unbranched alkanes of at least 4 members (excludes halogenated alkanes) is 9. The summed E-state index contributed by atoms with van der Waals surface area (Å²) in [7, 11) is 0. The predicted octanol–water partition coefficient (Wildman–Crippen LogP) is 9.55. The molecule has 0 unspecified atom stereocenters. The zero-order valence-electron chi connectivity index (χ0n) is 40.4. The van der Waals surface area contributed by atoms with Crippen LogP contribution >= 0.6 is 0 Å². The van der Waals surface area contributed by atoms with Crippen LogP contribution in [0.15, 0.2) is 54.6 Å². The number of hydrogen-bond acceptors (Lipinski definition) is 12. The summed E-state index contributed by atoms with van der Waals surface area (Å²) >= 11 is 0. The summed E-state index contributed by atoms with van der Waals surface area (Å²) in [6.45, 7) is 17.8. The zero-order chi connectivity index (χ0) is 48.5. The van der Waals surface area contributed by atoms with E-state index in [1.807, 2.05) is 0 Å². The van der Waals surface area contributed by atoms with Crippen LogP contribution in [0.1, 0.15) is 139 Å². The van der Waals surface area contributed by atoms with Crippen molar-refractivity contribution in [1.29, 1.82) is 0 Å². The van der Waals surface area contributed by atoms with E-state index in [1.165, 1.54) is 36.4 Å². The average molecular weight is 913 g/mol. The van der Waals surface area contributed by atoms with Gasteiger partial charge in [-0.25, -0.2) is 15.0 Å². The van der Waals surface area contributed by atoms with E-state index in [-0.39, 0.29) is 86.4 Å². The number of aromatic hydroxyl groups is 3. The molecule has 1 aromatic heterocycles. The Labute approximate surface area is 390 Å². The molecule has 0 aliphatic rings. The summed E-state index contributed by atoms with van der Waals surface area (Å²) in [5.41, 5.74) is -3.29. The fraction of sp³-hybridized carbons (Fsp3) is 0.529. The van der Waals surface area contributed by atoms with Crippen LogP contribution in [0.3, 0.4) is 0 Å². The van der Waals surface area contributed by atoms with Crippen LogP contribution in [0.2, 0.25) is 0 Å². The van der Waals surface area contributed by atoms with Gasteiger partial charge in [-0.1, -0.05) is 78.6 Å². The number of carbonyl (C=O) groups excluding carboxylic acids is 3. The lowest BCUT2D eigenvalue weighted by molar-refractivity contribution is -0.134. The highest BCUT2D eigenvalue weighted by molar-refractivity contribution is 5.86. The number of hydrogen-bond donors (Lipinski definition) is 6. The Balaban J connectivity index is 1.68. The molecule has 0 radical (unpaired) electrons. The quantitative estimate of drug-likeness (QED) is 0.0309. The number of carbonyl (C=O) groups is 3. The Morgan fingerprint density at radius 2 is 0.697 bits per heavy atom. The molecule has 6 N–H and O–H groups in total. The number of ether oxygens (including phenoxy) is 3. The molecular formula is C51H72N6O9. The molecule has 0 fully saturated rings. The van der Waals surface area contributed by atoms with Crippen LogP contribution in [-0.4, -0.2) is 84.4 Å². The normalized spacial score (nSPS) is 11.8. The molecule has 4 rings (SSSR count). The van der Waals surface area contributed by atoms with E-state index in [0.717, 1.165) is 77.0 Å². The van der Waals surface area contributed by atoms with Crippen LogP contribution in [-0.2, 0) is 14.4 Å². The van der Waals surface area contributed by atoms with E-state index < -0.39 is 16.8 Å². The van der Waals surface area contributed by atoms with Crippen molar-refractivity contribution in [3.8, 4) is 68.7 Å². The van der Waals surface area contributed by atoms with E-state index in [0.29, 0.717) is 19.6 Å². The molecule has 0 atom stereocenters. The smallest absolute Gasteiger partial charge is 0.263 e. The van der Waals surface area contributed by atoms with Gasteiger partial charge in [0.05, 0.1) is 16.7 Å². The number of amides is 3. The van der Waals surface area contributed by atoms with E-state index in [2.05, 4.69) is 51.7 Å². The van der Waals surface area contributed by atoms with Gasteiger partial charge in [0, 0.05) is 37.8 Å². The second kappa shape index (κ2) is 24.4. The second-order valence-electron chi connectivity index (χ2n) is 18.1. The van der Waals surface area contributed by atoms with Crippen LogP contribution < -0.4 is 30.2 Å². The molecule has 3 aromatic carbocycles. The van der Waals surface area contributed by atoms with E-state index in [4.69, 9.17) is 14.2 Å². The molecule has 66 heavy (non-hydrogen) atoms. The van der Waals surface area contributed by atoms with Gasteiger partial charge in [-0.3, -0.25) is 14.4 Å². The summed E-state index contributed by atoms with van der Waals surface area (Å²) in [5.74, 6) is -1.10. The summed E-state index contributed by atoms with van der Waals surface area (Å²) in [6, 6.07) is 13.4. The minimum Gasteiger partial charge on any atom is -0.507 e. The molecule has 0 saturated carbocycles. The van der Waals surface area contributed by atoms with Crippen molar-refractivity contribution < 1.29 is 43.9 Å². The number of nitrogens with zero attached hydrogens (tertiary/aromatic N) is 3. The van der Waals surface area contributed by atoms with Crippen LogP contribution in [0, 0.1) is 0 Å². The summed E-state index contributed by atoms with van der Waals surface area (Å²) in [5, 5.41) is 43.0. The maximum atomic E-state index is 13.0. The first-order chi connectivity index (χ1) is 31.3. The fourth-order valence-electron chi connectivity index (χ4n) is 6.95. The molecule has 360 valence electrons. The first-order valence-electron chi connectivity index (χ1n) is 23.5. The lowest BCUT2D eigenvalue weighted by Crippen LogP contribution is -2.46. The van der Waals surface area contributed by atoms with E-state index in [1.54, 1.807) is 59.7 Å². The highest BCUT2D eigenvalue weighted by Gasteiger charge is 2.32. The van der Waals surface area contributed by atoms with Gasteiger partial charge in [0.25, 0.3) is 17.7 Å². The van der Waals surface area contributed by atoms with Crippen LogP contribution in [0.25, 0.3) is 34.2 Å². The van der Waals surface area contributed by atoms with E-state index in [9.17, 15) is 29.7 Å². The van der Waals surface area contributed by atoms with Gasteiger partial charge < -0.3 is 45.5 Å². The average Bonchev–Trinajstić information content (AvgIpc) is 3.25. The number of rotatable bonds is 27. The molecule has 15 nitrogen and oxygen atoms in total. The second-order valence-corrected chi connectivity index (χ2v) is 18.1.